The third-order valence-corrected chi connectivity index (χ3v) is 4.24. The van der Waals surface area contributed by atoms with Gasteiger partial charge in [0.1, 0.15) is 5.75 Å². The second-order valence-electron chi connectivity index (χ2n) is 5.73. The molecule has 122 valence electrons. The Bertz CT molecular complexity index is 828. The first-order valence-electron chi connectivity index (χ1n) is 7.62. The molecular formula is C19H18N2O3. The Hall–Kier alpha value is -3.08. The Labute approximate surface area is 140 Å². The zero-order chi connectivity index (χ0) is 17.3. The number of hydrogen-bond donors (Lipinski definition) is 2. The van der Waals surface area contributed by atoms with Gasteiger partial charge in [-0.25, -0.2) is 4.79 Å². The summed E-state index contributed by atoms with van der Waals surface area (Å²) in [6.07, 6.45) is 0. The van der Waals surface area contributed by atoms with E-state index in [1.165, 1.54) is 4.90 Å². The van der Waals surface area contributed by atoms with Gasteiger partial charge in [0.05, 0.1) is 6.04 Å². The molecule has 24 heavy (non-hydrogen) atoms. The van der Waals surface area contributed by atoms with Crippen molar-refractivity contribution in [2.75, 3.05) is 7.05 Å². The highest BCUT2D eigenvalue weighted by atomic mass is 16.3. The van der Waals surface area contributed by atoms with Gasteiger partial charge >= 0.3 is 6.03 Å². The summed E-state index contributed by atoms with van der Waals surface area (Å²) in [4.78, 5) is 26.6. The molecule has 0 aromatic heterocycles. The molecule has 2 N–H and O–H groups in total. The number of phenols is 1. The van der Waals surface area contributed by atoms with E-state index in [0.717, 1.165) is 0 Å². The lowest BCUT2D eigenvalue weighted by molar-refractivity contribution is 0.101. The van der Waals surface area contributed by atoms with Crippen LogP contribution in [0.5, 0.6) is 5.75 Å². The average molecular weight is 322 g/mol. The van der Waals surface area contributed by atoms with Crippen molar-refractivity contribution in [3.63, 3.8) is 0 Å². The summed E-state index contributed by atoms with van der Waals surface area (Å²) < 4.78 is 0. The van der Waals surface area contributed by atoms with Gasteiger partial charge in [0.25, 0.3) is 0 Å². The highest BCUT2D eigenvalue weighted by Crippen LogP contribution is 2.33. The fourth-order valence-corrected chi connectivity index (χ4v) is 2.83. The van der Waals surface area contributed by atoms with Crippen molar-refractivity contribution >= 4 is 11.8 Å². The van der Waals surface area contributed by atoms with Gasteiger partial charge in [-0.15, -0.1) is 0 Å². The fraction of sp³-hybridized carbons (Fsp3) is 0.158. The third-order valence-electron chi connectivity index (χ3n) is 4.24. The maximum atomic E-state index is 13.0. The predicted octanol–water partition coefficient (Wildman–Crippen LogP) is 3.25. The van der Waals surface area contributed by atoms with Crippen molar-refractivity contribution in [2.24, 2.45) is 0 Å². The van der Waals surface area contributed by atoms with Crippen LogP contribution in [0.1, 0.15) is 28.9 Å². The molecule has 5 nitrogen and oxygen atoms in total. The normalized spacial score (nSPS) is 17.7. The SMILES string of the molecule is CC1=C(C(=O)c2ccccc2)C(c2cccc(O)c2)NC(=O)N1C. The molecule has 5 heteroatoms. The molecule has 0 saturated heterocycles. The van der Waals surface area contributed by atoms with Gasteiger partial charge in [0.2, 0.25) is 0 Å². The molecular weight excluding hydrogens is 304 g/mol. The van der Waals surface area contributed by atoms with E-state index in [0.29, 0.717) is 22.4 Å². The molecule has 1 unspecified atom stereocenters. The minimum Gasteiger partial charge on any atom is -0.508 e. The molecule has 2 aromatic carbocycles. The van der Waals surface area contributed by atoms with Crippen LogP contribution in [0.15, 0.2) is 65.9 Å². The van der Waals surface area contributed by atoms with Crippen LogP contribution in [0.2, 0.25) is 0 Å². The topological polar surface area (TPSA) is 69.6 Å². The molecule has 0 spiro atoms. The summed E-state index contributed by atoms with van der Waals surface area (Å²) in [7, 11) is 1.63. The number of amides is 2. The number of carbonyl (C=O) groups excluding carboxylic acids is 2. The first-order chi connectivity index (χ1) is 11.5. The van der Waals surface area contributed by atoms with E-state index in [1.54, 1.807) is 62.5 Å². The zero-order valence-corrected chi connectivity index (χ0v) is 13.5. The number of carbonyl (C=O) groups is 2. The molecule has 1 heterocycles. The molecule has 2 aromatic rings. The fourth-order valence-electron chi connectivity index (χ4n) is 2.83. The molecule has 1 aliphatic rings. The summed E-state index contributed by atoms with van der Waals surface area (Å²) >= 11 is 0. The summed E-state index contributed by atoms with van der Waals surface area (Å²) in [6, 6.07) is 14.6. The van der Waals surface area contributed by atoms with Crippen molar-refractivity contribution in [1.82, 2.24) is 10.2 Å². The van der Waals surface area contributed by atoms with Crippen LogP contribution < -0.4 is 5.32 Å². The Morgan fingerprint density at radius 3 is 2.50 bits per heavy atom. The number of ketones is 1. The van der Waals surface area contributed by atoms with Crippen LogP contribution in [0.25, 0.3) is 0 Å². The molecule has 0 bridgehead atoms. The number of phenolic OH excluding ortho intramolecular Hbond substituents is 1. The molecule has 0 aliphatic carbocycles. The number of aromatic hydroxyl groups is 1. The Kier molecular flexibility index (Phi) is 4.08. The van der Waals surface area contributed by atoms with E-state index in [9.17, 15) is 14.7 Å². The van der Waals surface area contributed by atoms with Gasteiger partial charge in [-0.05, 0) is 24.6 Å². The number of rotatable bonds is 3. The van der Waals surface area contributed by atoms with Crippen LogP contribution >= 0.6 is 0 Å². The Morgan fingerprint density at radius 2 is 1.83 bits per heavy atom. The van der Waals surface area contributed by atoms with Crippen LogP contribution in [0, 0.1) is 0 Å². The average Bonchev–Trinajstić information content (AvgIpc) is 2.59. The number of hydrogen-bond acceptors (Lipinski definition) is 3. The number of nitrogens with zero attached hydrogens (tertiary/aromatic N) is 1. The maximum Gasteiger partial charge on any atom is 0.322 e. The zero-order valence-electron chi connectivity index (χ0n) is 13.5. The second-order valence-corrected chi connectivity index (χ2v) is 5.73. The van der Waals surface area contributed by atoms with E-state index < -0.39 is 6.04 Å². The van der Waals surface area contributed by atoms with Gasteiger partial charge in [0.15, 0.2) is 5.78 Å². The third kappa shape index (κ3) is 2.76. The van der Waals surface area contributed by atoms with Crippen LogP contribution in [0.4, 0.5) is 4.79 Å². The Balaban J connectivity index is 2.13. The van der Waals surface area contributed by atoms with Crippen molar-refractivity contribution in [3.05, 3.63) is 77.0 Å². The molecule has 2 amide bonds. The summed E-state index contributed by atoms with van der Waals surface area (Å²) in [5.41, 5.74) is 2.31. The molecule has 1 atom stereocenters. The number of allylic oxidation sites excluding steroid dienone is 1. The van der Waals surface area contributed by atoms with Crippen molar-refractivity contribution in [3.8, 4) is 5.75 Å². The van der Waals surface area contributed by atoms with Crippen LogP contribution in [-0.4, -0.2) is 28.9 Å². The van der Waals surface area contributed by atoms with E-state index in [4.69, 9.17) is 0 Å². The van der Waals surface area contributed by atoms with Gasteiger partial charge in [-0.2, -0.15) is 0 Å². The largest absolute Gasteiger partial charge is 0.508 e. The predicted molar refractivity (Wildman–Crippen MR) is 90.6 cm³/mol. The van der Waals surface area contributed by atoms with Gasteiger partial charge in [0, 0.05) is 23.9 Å². The van der Waals surface area contributed by atoms with Crippen LogP contribution in [0.3, 0.4) is 0 Å². The quantitative estimate of drug-likeness (QED) is 0.852. The van der Waals surface area contributed by atoms with Crippen molar-refractivity contribution in [2.45, 2.75) is 13.0 Å². The minimum atomic E-state index is -0.603. The number of nitrogens with one attached hydrogen (secondary N) is 1. The van der Waals surface area contributed by atoms with E-state index >= 15 is 0 Å². The lowest BCUT2D eigenvalue weighted by Crippen LogP contribution is -2.46. The monoisotopic (exact) mass is 322 g/mol. The molecule has 0 saturated carbocycles. The number of urea groups is 1. The van der Waals surface area contributed by atoms with Crippen molar-refractivity contribution < 1.29 is 14.7 Å². The smallest absolute Gasteiger partial charge is 0.322 e. The lowest BCUT2D eigenvalue weighted by atomic mass is 9.89. The molecule has 3 rings (SSSR count). The summed E-state index contributed by atoms with van der Waals surface area (Å²) in [6.45, 7) is 1.75. The number of benzene rings is 2. The standard InChI is InChI=1S/C19H18N2O3/c1-12-16(18(23)13-7-4-3-5-8-13)17(20-19(24)21(12)2)14-9-6-10-15(22)11-14/h3-11,17,22H,1-2H3,(H,20,24). The molecule has 1 aliphatic heterocycles. The maximum absolute atomic E-state index is 13.0. The molecule has 0 radical (unpaired) electrons. The first kappa shape index (κ1) is 15.8. The Morgan fingerprint density at radius 1 is 1.12 bits per heavy atom. The lowest BCUT2D eigenvalue weighted by Gasteiger charge is -2.33. The van der Waals surface area contributed by atoms with E-state index in [2.05, 4.69) is 5.32 Å². The number of Topliss-reactive ketones (excluding diaryl/α,β-unsaturated/α-hetero) is 1. The highest BCUT2D eigenvalue weighted by Gasteiger charge is 2.34. The van der Waals surface area contributed by atoms with Crippen LogP contribution in [-0.2, 0) is 0 Å². The van der Waals surface area contributed by atoms with Gasteiger partial charge < -0.3 is 15.3 Å². The first-order valence-corrected chi connectivity index (χ1v) is 7.62. The highest BCUT2D eigenvalue weighted by molar-refractivity contribution is 6.11. The summed E-state index contributed by atoms with van der Waals surface area (Å²) in [5.74, 6) is -0.0573. The van der Waals surface area contributed by atoms with Crippen molar-refractivity contribution in [1.29, 1.82) is 0 Å². The van der Waals surface area contributed by atoms with Gasteiger partial charge in [-0.1, -0.05) is 42.5 Å². The second kappa shape index (κ2) is 6.20. The molecule has 0 fully saturated rings. The minimum absolute atomic E-state index is 0.0878. The van der Waals surface area contributed by atoms with Gasteiger partial charge in [-0.3, -0.25) is 4.79 Å². The summed E-state index contributed by atoms with van der Waals surface area (Å²) in [5, 5.41) is 12.6. The van der Waals surface area contributed by atoms with E-state index in [-0.39, 0.29) is 17.6 Å². The van der Waals surface area contributed by atoms with E-state index in [1.807, 2.05) is 6.07 Å².